The maximum Gasteiger partial charge on any atom is 0.268 e. The zero-order valence-electron chi connectivity index (χ0n) is 12.8. The predicted octanol–water partition coefficient (Wildman–Crippen LogP) is 2.54. The number of carbonyl (C=O) groups is 2. The molecule has 22 heavy (non-hydrogen) atoms. The van der Waals surface area contributed by atoms with Gasteiger partial charge in [0.25, 0.3) is 5.91 Å². The number of rotatable bonds is 9. The van der Waals surface area contributed by atoms with E-state index < -0.39 is 0 Å². The van der Waals surface area contributed by atoms with Crippen molar-refractivity contribution in [3.05, 3.63) is 30.3 Å². The first-order valence-electron chi connectivity index (χ1n) is 7.45. The van der Waals surface area contributed by atoms with Crippen LogP contribution >= 0.6 is 0 Å². The van der Waals surface area contributed by atoms with Crippen molar-refractivity contribution in [2.45, 2.75) is 38.5 Å². The Morgan fingerprint density at radius 1 is 1.05 bits per heavy atom. The normalized spacial score (nSPS) is 11.0. The Morgan fingerprint density at radius 2 is 1.68 bits per heavy atom. The first kappa shape index (κ1) is 17.7. The summed E-state index contributed by atoms with van der Waals surface area (Å²) in [6.45, 7) is 0. The summed E-state index contributed by atoms with van der Waals surface area (Å²) in [5.74, 6) is -0.348. The first-order valence-corrected chi connectivity index (χ1v) is 7.45. The number of nitrogens with zero attached hydrogens (tertiary/aromatic N) is 1. The number of carbonyl (C=O) groups excluding carboxylic acids is 2. The van der Waals surface area contributed by atoms with Crippen molar-refractivity contribution >= 4 is 23.2 Å². The van der Waals surface area contributed by atoms with Gasteiger partial charge in [-0.1, -0.05) is 36.2 Å². The third kappa shape index (κ3) is 6.88. The highest BCUT2D eigenvalue weighted by Gasteiger charge is 2.09. The average molecular weight is 305 g/mol. The Kier molecular flexibility index (Phi) is 8.33. The van der Waals surface area contributed by atoms with Crippen molar-refractivity contribution < 1.29 is 14.8 Å². The van der Waals surface area contributed by atoms with Crippen LogP contribution in [0.25, 0.3) is 0 Å². The van der Waals surface area contributed by atoms with Crippen molar-refractivity contribution in [1.29, 1.82) is 0 Å². The molecule has 120 valence electrons. The van der Waals surface area contributed by atoms with E-state index in [1.807, 2.05) is 30.3 Å². The van der Waals surface area contributed by atoms with Gasteiger partial charge in [-0.3, -0.25) is 9.59 Å². The van der Waals surface area contributed by atoms with E-state index in [1.165, 1.54) is 7.05 Å². The largest absolute Gasteiger partial charge is 0.410 e. The molecule has 0 bridgehead atoms. The molecule has 0 fully saturated rings. The minimum Gasteiger partial charge on any atom is -0.410 e. The molecular formula is C16H23N3O3. The van der Waals surface area contributed by atoms with Gasteiger partial charge < -0.3 is 15.8 Å². The van der Waals surface area contributed by atoms with E-state index in [1.54, 1.807) is 0 Å². The molecule has 0 unspecified atom stereocenters. The number of benzene rings is 1. The van der Waals surface area contributed by atoms with Crippen molar-refractivity contribution in [3.63, 3.8) is 0 Å². The molecular weight excluding hydrogens is 282 g/mol. The fourth-order valence-electron chi connectivity index (χ4n) is 2.03. The van der Waals surface area contributed by atoms with Gasteiger partial charge in [-0.05, 0) is 31.4 Å². The van der Waals surface area contributed by atoms with Crippen LogP contribution in [0.4, 0.5) is 5.69 Å². The number of oxime groups is 1. The van der Waals surface area contributed by atoms with Crippen molar-refractivity contribution in [3.8, 4) is 0 Å². The Morgan fingerprint density at radius 3 is 2.27 bits per heavy atom. The van der Waals surface area contributed by atoms with Crippen LogP contribution in [0.1, 0.15) is 38.5 Å². The molecule has 0 aliphatic rings. The van der Waals surface area contributed by atoms with Crippen LogP contribution in [0.2, 0.25) is 0 Å². The van der Waals surface area contributed by atoms with Crippen LogP contribution in [-0.2, 0) is 9.59 Å². The van der Waals surface area contributed by atoms with Gasteiger partial charge in [0.15, 0.2) is 0 Å². The standard InChI is InChI=1S/C16H23N3O3/c1-17-16(21)14(19-22)11-7-2-3-8-12-15(20)18-13-9-5-4-6-10-13/h4-6,9-10,22H,2-3,7-8,11-12H2,1H3,(H,17,21)(H,18,20)/b19-14+. The molecule has 0 saturated heterocycles. The third-order valence-corrected chi connectivity index (χ3v) is 3.23. The van der Waals surface area contributed by atoms with Crippen LogP contribution in [0.3, 0.4) is 0 Å². The maximum absolute atomic E-state index is 11.7. The summed E-state index contributed by atoms with van der Waals surface area (Å²) < 4.78 is 0. The first-order chi connectivity index (χ1) is 10.7. The highest BCUT2D eigenvalue weighted by Crippen LogP contribution is 2.09. The number of amides is 2. The predicted molar refractivity (Wildman–Crippen MR) is 86.1 cm³/mol. The zero-order chi connectivity index (χ0) is 16.2. The number of para-hydroxylation sites is 1. The molecule has 1 rings (SSSR count). The van der Waals surface area contributed by atoms with Gasteiger partial charge in [-0.2, -0.15) is 0 Å². The van der Waals surface area contributed by atoms with Crippen molar-refractivity contribution in [2.24, 2.45) is 5.16 Å². The molecule has 6 nitrogen and oxygen atoms in total. The molecule has 0 aliphatic carbocycles. The molecule has 0 saturated carbocycles. The molecule has 0 heterocycles. The second-order valence-electron chi connectivity index (χ2n) is 4.95. The summed E-state index contributed by atoms with van der Waals surface area (Å²) in [5.41, 5.74) is 0.950. The number of unbranched alkanes of at least 4 members (excludes halogenated alkanes) is 3. The molecule has 0 aromatic heterocycles. The van der Waals surface area contributed by atoms with Gasteiger partial charge in [0, 0.05) is 19.2 Å². The van der Waals surface area contributed by atoms with Crippen LogP contribution in [-0.4, -0.2) is 29.8 Å². The van der Waals surface area contributed by atoms with E-state index in [0.717, 1.165) is 31.4 Å². The fourth-order valence-corrected chi connectivity index (χ4v) is 2.03. The Labute approximate surface area is 130 Å². The highest BCUT2D eigenvalue weighted by atomic mass is 16.4. The second-order valence-corrected chi connectivity index (χ2v) is 4.95. The highest BCUT2D eigenvalue weighted by molar-refractivity contribution is 6.38. The Balaban J connectivity index is 2.10. The lowest BCUT2D eigenvalue weighted by Gasteiger charge is -2.05. The van der Waals surface area contributed by atoms with Gasteiger partial charge in [-0.25, -0.2) is 0 Å². The van der Waals surface area contributed by atoms with Crippen LogP contribution in [0, 0.1) is 0 Å². The summed E-state index contributed by atoms with van der Waals surface area (Å²) in [6.07, 6.45) is 4.25. The summed E-state index contributed by atoms with van der Waals surface area (Å²) in [7, 11) is 1.50. The van der Waals surface area contributed by atoms with Crippen LogP contribution in [0.5, 0.6) is 0 Å². The van der Waals surface area contributed by atoms with Crippen molar-refractivity contribution in [1.82, 2.24) is 5.32 Å². The summed E-state index contributed by atoms with van der Waals surface area (Å²) in [4.78, 5) is 23.0. The monoisotopic (exact) mass is 305 g/mol. The lowest BCUT2D eigenvalue weighted by molar-refractivity contribution is -0.116. The number of hydrogen-bond donors (Lipinski definition) is 3. The average Bonchev–Trinajstić information content (AvgIpc) is 2.54. The molecule has 3 N–H and O–H groups in total. The maximum atomic E-state index is 11.7. The number of anilines is 1. The van der Waals surface area contributed by atoms with Crippen LogP contribution in [0.15, 0.2) is 35.5 Å². The molecule has 0 radical (unpaired) electrons. The van der Waals surface area contributed by atoms with E-state index in [9.17, 15) is 9.59 Å². The van der Waals surface area contributed by atoms with Gasteiger partial charge >= 0.3 is 0 Å². The third-order valence-electron chi connectivity index (χ3n) is 3.23. The van der Waals surface area contributed by atoms with Gasteiger partial charge in [0.05, 0.1) is 0 Å². The SMILES string of the molecule is CNC(=O)/C(CCCCCCC(=O)Nc1ccccc1)=N/O. The van der Waals surface area contributed by atoms with Gasteiger partial charge in [0.1, 0.15) is 5.71 Å². The summed E-state index contributed by atoms with van der Waals surface area (Å²) >= 11 is 0. The van der Waals surface area contributed by atoms with Crippen LogP contribution < -0.4 is 10.6 Å². The topological polar surface area (TPSA) is 90.8 Å². The Bertz CT molecular complexity index is 501. The van der Waals surface area contributed by atoms with Crippen molar-refractivity contribution in [2.75, 3.05) is 12.4 Å². The summed E-state index contributed by atoms with van der Waals surface area (Å²) in [6, 6.07) is 9.36. The lowest BCUT2D eigenvalue weighted by Crippen LogP contribution is -2.27. The molecule has 0 atom stereocenters. The Hall–Kier alpha value is -2.37. The quantitative estimate of drug-likeness (QED) is 0.283. The zero-order valence-corrected chi connectivity index (χ0v) is 12.8. The molecule has 6 heteroatoms. The molecule has 2 amide bonds. The van der Waals surface area contributed by atoms with Gasteiger partial charge in [-0.15, -0.1) is 0 Å². The second kappa shape index (κ2) is 10.4. The number of hydrogen-bond acceptors (Lipinski definition) is 4. The minimum atomic E-state index is -0.357. The minimum absolute atomic E-state index is 0.00849. The molecule has 0 spiro atoms. The molecule has 1 aromatic rings. The smallest absolute Gasteiger partial charge is 0.268 e. The van der Waals surface area contributed by atoms with E-state index in [2.05, 4.69) is 15.8 Å². The molecule has 0 aliphatic heterocycles. The van der Waals surface area contributed by atoms with E-state index in [-0.39, 0.29) is 17.5 Å². The fraction of sp³-hybridized carbons (Fsp3) is 0.438. The molecule has 1 aromatic carbocycles. The van der Waals surface area contributed by atoms with E-state index >= 15 is 0 Å². The van der Waals surface area contributed by atoms with E-state index in [4.69, 9.17) is 5.21 Å². The van der Waals surface area contributed by atoms with Gasteiger partial charge in [0.2, 0.25) is 5.91 Å². The van der Waals surface area contributed by atoms with E-state index in [0.29, 0.717) is 12.8 Å². The lowest BCUT2D eigenvalue weighted by atomic mass is 10.1. The number of nitrogens with one attached hydrogen (secondary N) is 2. The summed E-state index contributed by atoms with van der Waals surface area (Å²) in [5, 5.41) is 17.0.